The molecule has 2 unspecified atom stereocenters. The molecule has 0 bridgehead atoms. The van der Waals surface area contributed by atoms with Crippen LogP contribution >= 0.6 is 0 Å². The van der Waals surface area contributed by atoms with Gasteiger partial charge in [0.2, 0.25) is 5.91 Å². The minimum absolute atomic E-state index is 0.0420. The fourth-order valence-corrected chi connectivity index (χ4v) is 6.80. The molecule has 0 aliphatic rings. The average molecular weight is 615 g/mol. The Balaban J connectivity index is 1.93. The number of hydrazine groups is 1. The number of hydrogen-bond acceptors (Lipinski definition) is 8. The molecule has 2 amide bonds. The number of fused-ring (bicyclic) bond motifs is 1. The van der Waals surface area contributed by atoms with E-state index < -0.39 is 33.3 Å². The highest BCUT2D eigenvalue weighted by Crippen LogP contribution is 2.26. The molecule has 2 aromatic carbocycles. The van der Waals surface area contributed by atoms with E-state index in [4.69, 9.17) is 4.42 Å². The number of furan rings is 1. The van der Waals surface area contributed by atoms with Gasteiger partial charge < -0.3 is 14.4 Å². The van der Waals surface area contributed by atoms with E-state index >= 15 is 0 Å². The topological polar surface area (TPSA) is 132 Å². The van der Waals surface area contributed by atoms with Gasteiger partial charge in [-0.25, -0.2) is 13.4 Å². The second-order valence-electron chi connectivity index (χ2n) is 12.8. The number of nitrogens with zero attached hydrogens (tertiary/aromatic N) is 2. The van der Waals surface area contributed by atoms with Gasteiger partial charge in [-0.15, -0.1) is 0 Å². The van der Waals surface area contributed by atoms with Gasteiger partial charge in [-0.2, -0.15) is 0 Å². The number of aliphatic hydroxyl groups is 1. The van der Waals surface area contributed by atoms with Crippen LogP contribution in [0.5, 0.6) is 0 Å². The molecule has 0 fully saturated rings. The summed E-state index contributed by atoms with van der Waals surface area (Å²) in [6.07, 6.45) is 0.640. The molecule has 1 aromatic heterocycles. The van der Waals surface area contributed by atoms with Crippen LogP contribution in [0.3, 0.4) is 0 Å². The van der Waals surface area contributed by atoms with Crippen LogP contribution in [-0.4, -0.2) is 80.0 Å². The second kappa shape index (κ2) is 14.5. The summed E-state index contributed by atoms with van der Waals surface area (Å²) in [4.78, 5) is 28.4. The summed E-state index contributed by atoms with van der Waals surface area (Å²) >= 11 is 0. The molecule has 0 spiro atoms. The zero-order valence-electron chi connectivity index (χ0n) is 26.2. The largest absolute Gasteiger partial charge is 0.464 e. The van der Waals surface area contributed by atoms with Gasteiger partial charge in [-0.3, -0.25) is 20.3 Å². The van der Waals surface area contributed by atoms with Crippen LogP contribution in [-0.2, 0) is 25.8 Å². The Morgan fingerprint density at radius 1 is 1.02 bits per heavy atom. The molecule has 3 rings (SSSR count). The van der Waals surface area contributed by atoms with Crippen molar-refractivity contribution in [1.82, 2.24) is 20.7 Å². The number of nitrogens with one attached hydrogen (secondary N) is 2. The third kappa shape index (κ3) is 9.62. The number of sulfone groups is 1. The minimum atomic E-state index is -3.86. The van der Waals surface area contributed by atoms with Crippen LogP contribution < -0.4 is 10.7 Å². The molecular weight excluding hydrogens is 568 g/mol. The van der Waals surface area contributed by atoms with E-state index in [0.717, 1.165) is 5.56 Å². The highest BCUT2D eigenvalue weighted by atomic mass is 32.2. The van der Waals surface area contributed by atoms with E-state index in [1.165, 1.54) is 17.3 Å². The number of carbonyl (C=O) groups is 2. The van der Waals surface area contributed by atoms with E-state index in [9.17, 15) is 23.1 Å². The van der Waals surface area contributed by atoms with Crippen LogP contribution in [0.25, 0.3) is 11.0 Å². The smallest absolute Gasteiger partial charge is 0.252 e. The molecule has 0 radical (unpaired) electrons. The first-order valence-electron chi connectivity index (χ1n) is 14.5. The molecule has 236 valence electrons. The molecule has 3 aromatic rings. The molecule has 0 saturated heterocycles. The van der Waals surface area contributed by atoms with Gasteiger partial charge in [0.15, 0.2) is 9.84 Å². The van der Waals surface area contributed by atoms with E-state index in [1.807, 2.05) is 51.1 Å². The van der Waals surface area contributed by atoms with Crippen molar-refractivity contribution in [3.8, 4) is 0 Å². The summed E-state index contributed by atoms with van der Waals surface area (Å²) in [6, 6.07) is 14.9. The highest BCUT2D eigenvalue weighted by Gasteiger charge is 2.36. The van der Waals surface area contributed by atoms with Crippen molar-refractivity contribution >= 4 is 32.6 Å². The zero-order chi connectivity index (χ0) is 31.9. The standard InChI is InChI=1S/C32H46N4O6S/c1-22(2)31(43(40,41)25-13-14-28-24(18-25)15-16-42-28)33-20-27(37)26(17-23-11-9-8-10-12-23)36(30(39)19-32(3,4)5)34-29(38)21-35(6)7/h8-16,18,22,26-27,31,33,37H,17,19-21H2,1-7H3,(H,34,38)/t26?,27-,31?/m1/s1. The number of rotatable bonds is 13. The maximum Gasteiger partial charge on any atom is 0.252 e. The first-order chi connectivity index (χ1) is 20.1. The molecule has 43 heavy (non-hydrogen) atoms. The molecule has 10 nitrogen and oxygen atoms in total. The maximum absolute atomic E-state index is 13.8. The van der Waals surface area contributed by atoms with Crippen molar-refractivity contribution in [2.24, 2.45) is 11.3 Å². The van der Waals surface area contributed by atoms with Gasteiger partial charge in [0.1, 0.15) is 11.0 Å². The van der Waals surface area contributed by atoms with Crippen LogP contribution in [0.15, 0.2) is 70.2 Å². The van der Waals surface area contributed by atoms with Gasteiger partial charge in [0.25, 0.3) is 5.91 Å². The third-order valence-corrected chi connectivity index (χ3v) is 9.23. The fraction of sp³-hybridized carbons (Fsp3) is 0.500. The van der Waals surface area contributed by atoms with Crippen LogP contribution in [0.4, 0.5) is 0 Å². The Bertz CT molecular complexity index is 1460. The molecule has 0 aliphatic heterocycles. The molecule has 11 heteroatoms. The van der Waals surface area contributed by atoms with Crippen LogP contribution in [0.1, 0.15) is 46.6 Å². The van der Waals surface area contributed by atoms with Crippen molar-refractivity contribution in [1.29, 1.82) is 0 Å². The van der Waals surface area contributed by atoms with Crippen LogP contribution in [0, 0.1) is 11.3 Å². The van der Waals surface area contributed by atoms with Crippen molar-refractivity contribution in [3.63, 3.8) is 0 Å². The van der Waals surface area contributed by atoms with Crippen molar-refractivity contribution < 1.29 is 27.5 Å². The number of benzene rings is 2. The lowest BCUT2D eigenvalue weighted by Crippen LogP contribution is -2.60. The van der Waals surface area contributed by atoms with Gasteiger partial charge >= 0.3 is 0 Å². The monoisotopic (exact) mass is 614 g/mol. The van der Waals surface area contributed by atoms with E-state index in [2.05, 4.69) is 10.7 Å². The SMILES string of the molecule is CC(C)C(NC[C@@H](O)C(Cc1ccccc1)N(NC(=O)CN(C)C)C(=O)CC(C)(C)C)S(=O)(=O)c1ccc2occc2c1. The predicted molar refractivity (Wildman–Crippen MR) is 168 cm³/mol. The third-order valence-electron chi connectivity index (χ3n) is 6.94. The van der Waals surface area contributed by atoms with E-state index in [-0.39, 0.29) is 48.1 Å². The highest BCUT2D eigenvalue weighted by molar-refractivity contribution is 7.92. The summed E-state index contributed by atoms with van der Waals surface area (Å²) in [5, 5.41) is 15.6. The lowest BCUT2D eigenvalue weighted by molar-refractivity contribution is -0.149. The first-order valence-corrected chi connectivity index (χ1v) is 16.1. The summed E-state index contributed by atoms with van der Waals surface area (Å²) in [7, 11) is -0.367. The molecule has 3 N–H and O–H groups in total. The number of hydrogen-bond donors (Lipinski definition) is 3. The van der Waals surface area contributed by atoms with E-state index in [1.54, 1.807) is 51.0 Å². The first kappa shape index (κ1) is 34.2. The van der Waals surface area contributed by atoms with Crippen LogP contribution in [0.2, 0.25) is 0 Å². The van der Waals surface area contributed by atoms with Gasteiger partial charge in [-0.05, 0) is 61.7 Å². The average Bonchev–Trinajstić information content (AvgIpc) is 3.37. The molecule has 0 aliphatic carbocycles. The Labute approximate surface area is 255 Å². The summed E-state index contributed by atoms with van der Waals surface area (Å²) in [6.45, 7) is 9.26. The Morgan fingerprint density at radius 3 is 2.30 bits per heavy atom. The van der Waals surface area contributed by atoms with Crippen molar-refractivity contribution in [2.45, 2.75) is 69.9 Å². The van der Waals surface area contributed by atoms with Gasteiger partial charge in [0, 0.05) is 18.4 Å². The summed E-state index contributed by atoms with van der Waals surface area (Å²) in [5.74, 6) is -1.09. The molecule has 3 atom stereocenters. The lowest BCUT2D eigenvalue weighted by Gasteiger charge is -2.37. The van der Waals surface area contributed by atoms with Crippen molar-refractivity contribution in [3.05, 3.63) is 66.4 Å². The Morgan fingerprint density at radius 2 is 1.70 bits per heavy atom. The predicted octanol–water partition coefficient (Wildman–Crippen LogP) is 3.61. The quantitative estimate of drug-likeness (QED) is 0.249. The number of likely N-dealkylation sites (N-methyl/N-ethyl adjacent to an activating group) is 1. The summed E-state index contributed by atoms with van der Waals surface area (Å²) < 4.78 is 32.9. The number of aliphatic hydroxyl groups excluding tert-OH is 1. The molecule has 0 saturated carbocycles. The zero-order valence-corrected chi connectivity index (χ0v) is 27.0. The Hall–Kier alpha value is -3.25. The molecule has 1 heterocycles. The van der Waals surface area contributed by atoms with Gasteiger partial charge in [0.05, 0.1) is 29.8 Å². The van der Waals surface area contributed by atoms with E-state index in [0.29, 0.717) is 11.0 Å². The number of amides is 2. The number of carbonyl (C=O) groups excluding carboxylic acids is 2. The Kier molecular flexibility index (Phi) is 11.5. The normalized spacial score (nSPS) is 14.6. The maximum atomic E-state index is 13.8. The van der Waals surface area contributed by atoms with Gasteiger partial charge in [-0.1, -0.05) is 65.0 Å². The molecular formula is C32H46N4O6S. The second-order valence-corrected chi connectivity index (χ2v) is 14.9. The summed E-state index contributed by atoms with van der Waals surface area (Å²) in [5.41, 5.74) is 3.80. The minimum Gasteiger partial charge on any atom is -0.464 e. The fourth-order valence-electron chi connectivity index (χ4n) is 4.93. The lowest BCUT2D eigenvalue weighted by atomic mass is 9.91. The van der Waals surface area contributed by atoms with Crippen molar-refractivity contribution in [2.75, 3.05) is 27.2 Å².